The van der Waals surface area contributed by atoms with Gasteiger partial charge in [0.25, 0.3) is 0 Å². The summed E-state index contributed by atoms with van der Waals surface area (Å²) in [4.78, 5) is 1.09. The van der Waals surface area contributed by atoms with E-state index in [1.807, 2.05) is 11.6 Å². The van der Waals surface area contributed by atoms with Gasteiger partial charge in [0.1, 0.15) is 0 Å². The largest absolute Gasteiger partial charge is 0.323 e. The summed E-state index contributed by atoms with van der Waals surface area (Å²) in [7, 11) is 0. The SMILES string of the molecule is CCn1nc(C)cc1CC(N)c1snnc1C(C)C. The fraction of sp³-hybridized carbons (Fsp3) is 0.615. The van der Waals surface area contributed by atoms with E-state index in [9.17, 15) is 0 Å². The molecule has 0 aliphatic carbocycles. The van der Waals surface area contributed by atoms with Crippen molar-refractivity contribution in [3.8, 4) is 0 Å². The Labute approximate surface area is 118 Å². The molecule has 5 nitrogen and oxygen atoms in total. The van der Waals surface area contributed by atoms with E-state index in [-0.39, 0.29) is 6.04 Å². The topological polar surface area (TPSA) is 69.6 Å². The van der Waals surface area contributed by atoms with Crippen LogP contribution in [-0.4, -0.2) is 19.4 Å². The number of hydrogen-bond acceptors (Lipinski definition) is 5. The van der Waals surface area contributed by atoms with Crippen LogP contribution in [0.25, 0.3) is 0 Å². The Morgan fingerprint density at radius 1 is 1.42 bits per heavy atom. The fourth-order valence-corrected chi connectivity index (χ4v) is 3.02. The van der Waals surface area contributed by atoms with Crippen molar-refractivity contribution >= 4 is 11.5 Å². The molecule has 2 N–H and O–H groups in total. The second kappa shape index (κ2) is 5.79. The molecule has 0 fully saturated rings. The molecular weight excluding hydrogens is 258 g/mol. The van der Waals surface area contributed by atoms with Gasteiger partial charge in [-0.3, -0.25) is 4.68 Å². The van der Waals surface area contributed by atoms with Crippen LogP contribution in [0.4, 0.5) is 0 Å². The highest BCUT2D eigenvalue weighted by atomic mass is 32.1. The van der Waals surface area contributed by atoms with Gasteiger partial charge in [-0.15, -0.1) is 5.10 Å². The molecule has 2 aromatic heterocycles. The fourth-order valence-electron chi connectivity index (χ4n) is 2.22. The molecular formula is C13H21N5S. The smallest absolute Gasteiger partial charge is 0.0829 e. The zero-order valence-electron chi connectivity index (χ0n) is 11.9. The van der Waals surface area contributed by atoms with Crippen LogP contribution >= 0.6 is 11.5 Å². The monoisotopic (exact) mass is 279 g/mol. The van der Waals surface area contributed by atoms with E-state index in [1.54, 1.807) is 0 Å². The van der Waals surface area contributed by atoms with Gasteiger partial charge in [-0.2, -0.15) is 5.10 Å². The number of nitrogens with zero attached hydrogens (tertiary/aromatic N) is 4. The predicted molar refractivity (Wildman–Crippen MR) is 77.3 cm³/mol. The van der Waals surface area contributed by atoms with Crippen molar-refractivity contribution in [3.63, 3.8) is 0 Å². The van der Waals surface area contributed by atoms with Crippen molar-refractivity contribution in [2.24, 2.45) is 5.73 Å². The number of aromatic nitrogens is 4. The molecule has 19 heavy (non-hydrogen) atoms. The lowest BCUT2D eigenvalue weighted by molar-refractivity contribution is 0.586. The van der Waals surface area contributed by atoms with E-state index in [4.69, 9.17) is 5.73 Å². The molecule has 1 unspecified atom stereocenters. The number of aryl methyl sites for hydroxylation is 2. The molecule has 0 aromatic carbocycles. The van der Waals surface area contributed by atoms with Crippen molar-refractivity contribution in [2.45, 2.75) is 52.6 Å². The Morgan fingerprint density at radius 3 is 2.79 bits per heavy atom. The lowest BCUT2D eigenvalue weighted by atomic mass is 10.0. The maximum Gasteiger partial charge on any atom is 0.0829 e. The quantitative estimate of drug-likeness (QED) is 0.912. The molecule has 0 bridgehead atoms. The highest BCUT2D eigenvalue weighted by Gasteiger charge is 2.19. The van der Waals surface area contributed by atoms with Crippen LogP contribution in [0.5, 0.6) is 0 Å². The van der Waals surface area contributed by atoms with E-state index in [1.165, 1.54) is 17.2 Å². The summed E-state index contributed by atoms with van der Waals surface area (Å²) < 4.78 is 6.06. The second-order valence-electron chi connectivity index (χ2n) is 5.08. The molecule has 0 aliphatic rings. The minimum Gasteiger partial charge on any atom is -0.323 e. The van der Waals surface area contributed by atoms with Crippen LogP contribution in [0.3, 0.4) is 0 Å². The summed E-state index contributed by atoms with van der Waals surface area (Å²) in [6.45, 7) is 9.21. The van der Waals surface area contributed by atoms with Crippen LogP contribution in [0, 0.1) is 6.92 Å². The third-order valence-corrected chi connectivity index (χ3v) is 4.01. The standard InChI is InChI=1S/C13H21N5S/c1-5-18-10(6-9(4)16-18)7-11(14)13-12(8(2)3)15-17-19-13/h6,8,11H,5,7,14H2,1-4H3. The first kappa shape index (κ1) is 14.1. The van der Waals surface area contributed by atoms with Gasteiger partial charge >= 0.3 is 0 Å². The summed E-state index contributed by atoms with van der Waals surface area (Å²) >= 11 is 1.41. The van der Waals surface area contributed by atoms with Crippen LogP contribution < -0.4 is 5.73 Å². The minimum atomic E-state index is -0.0567. The number of hydrogen-bond donors (Lipinski definition) is 1. The molecule has 0 saturated carbocycles. The number of nitrogens with two attached hydrogens (primary N) is 1. The Hall–Kier alpha value is -1.27. The second-order valence-corrected chi connectivity index (χ2v) is 5.87. The number of rotatable bonds is 5. The predicted octanol–water partition coefficient (Wildman–Crippen LogP) is 2.43. The summed E-state index contributed by atoms with van der Waals surface area (Å²) in [6, 6.07) is 2.05. The molecule has 6 heteroatoms. The minimum absolute atomic E-state index is 0.0567. The molecule has 1 atom stereocenters. The molecule has 0 amide bonds. The third kappa shape index (κ3) is 3.01. The Morgan fingerprint density at radius 2 is 2.16 bits per heavy atom. The molecule has 0 aliphatic heterocycles. The Bertz CT molecular complexity index is 543. The first-order valence-corrected chi connectivity index (χ1v) is 7.41. The van der Waals surface area contributed by atoms with Gasteiger partial charge in [0, 0.05) is 24.7 Å². The lowest BCUT2D eigenvalue weighted by Crippen LogP contribution is -2.16. The Kier molecular flexibility index (Phi) is 4.31. The normalized spacial score (nSPS) is 13.2. The molecule has 2 rings (SSSR count). The maximum atomic E-state index is 6.33. The zero-order chi connectivity index (χ0) is 14.0. The summed E-state index contributed by atoms with van der Waals surface area (Å²) in [5.74, 6) is 0.359. The summed E-state index contributed by atoms with van der Waals surface area (Å²) in [6.07, 6.45) is 0.776. The zero-order valence-corrected chi connectivity index (χ0v) is 12.7. The maximum absolute atomic E-state index is 6.33. The van der Waals surface area contributed by atoms with Gasteiger partial charge in [0.2, 0.25) is 0 Å². The average molecular weight is 279 g/mol. The molecule has 0 saturated heterocycles. The van der Waals surface area contributed by atoms with Crippen LogP contribution in [0.15, 0.2) is 6.07 Å². The molecule has 104 valence electrons. The van der Waals surface area contributed by atoms with E-state index >= 15 is 0 Å². The van der Waals surface area contributed by atoms with Gasteiger partial charge in [-0.25, -0.2) is 0 Å². The van der Waals surface area contributed by atoms with E-state index in [0.717, 1.165) is 29.2 Å². The van der Waals surface area contributed by atoms with Crippen LogP contribution in [0.2, 0.25) is 0 Å². The third-order valence-electron chi connectivity index (χ3n) is 3.14. The van der Waals surface area contributed by atoms with Crippen molar-refractivity contribution in [1.29, 1.82) is 0 Å². The van der Waals surface area contributed by atoms with Crippen LogP contribution in [-0.2, 0) is 13.0 Å². The summed E-state index contributed by atoms with van der Waals surface area (Å²) in [5.41, 5.74) is 9.57. The van der Waals surface area contributed by atoms with Crippen molar-refractivity contribution < 1.29 is 0 Å². The van der Waals surface area contributed by atoms with Gasteiger partial charge < -0.3 is 5.73 Å². The highest BCUT2D eigenvalue weighted by Crippen LogP contribution is 2.27. The van der Waals surface area contributed by atoms with Gasteiger partial charge in [0.05, 0.1) is 16.3 Å². The van der Waals surface area contributed by atoms with Crippen molar-refractivity contribution in [3.05, 3.63) is 28.0 Å². The molecule has 2 heterocycles. The molecule has 0 radical (unpaired) electrons. The first-order valence-electron chi connectivity index (χ1n) is 6.64. The van der Waals surface area contributed by atoms with Gasteiger partial charge in [-0.1, -0.05) is 18.3 Å². The lowest BCUT2D eigenvalue weighted by Gasteiger charge is -2.13. The van der Waals surface area contributed by atoms with E-state index in [2.05, 4.69) is 41.5 Å². The average Bonchev–Trinajstić information content (AvgIpc) is 2.95. The van der Waals surface area contributed by atoms with Crippen LogP contribution in [0.1, 0.15) is 54.7 Å². The van der Waals surface area contributed by atoms with Crippen molar-refractivity contribution in [2.75, 3.05) is 0 Å². The van der Waals surface area contributed by atoms with E-state index in [0.29, 0.717) is 5.92 Å². The molecule has 2 aromatic rings. The first-order chi connectivity index (χ1) is 9.02. The van der Waals surface area contributed by atoms with E-state index < -0.39 is 0 Å². The Balaban J connectivity index is 2.20. The summed E-state index contributed by atoms with van der Waals surface area (Å²) in [5, 5.41) is 8.65. The van der Waals surface area contributed by atoms with Gasteiger partial charge in [-0.05, 0) is 37.4 Å². The van der Waals surface area contributed by atoms with Crippen molar-refractivity contribution in [1.82, 2.24) is 19.4 Å². The highest BCUT2D eigenvalue weighted by molar-refractivity contribution is 7.05. The molecule has 0 spiro atoms. The van der Waals surface area contributed by atoms with Gasteiger partial charge in [0.15, 0.2) is 0 Å².